The van der Waals surface area contributed by atoms with Crippen LogP contribution in [0.25, 0.3) is 0 Å². The molecule has 3 aromatic rings. The summed E-state index contributed by atoms with van der Waals surface area (Å²) in [5, 5.41) is 8.42. The highest BCUT2D eigenvalue weighted by Crippen LogP contribution is 2.19. The van der Waals surface area contributed by atoms with Crippen LogP contribution in [-0.4, -0.2) is 29.0 Å². The van der Waals surface area contributed by atoms with Crippen molar-refractivity contribution >= 4 is 17.2 Å². The average molecular weight is 366 g/mol. The average Bonchev–Trinajstić information content (AvgIpc) is 3.21. The summed E-state index contributed by atoms with van der Waals surface area (Å²) in [7, 11) is 0. The Morgan fingerprint density at radius 3 is 2.54 bits per heavy atom. The summed E-state index contributed by atoms with van der Waals surface area (Å²) in [6.07, 6.45) is 8.78. The lowest BCUT2D eigenvalue weighted by atomic mass is 10.1. The lowest BCUT2D eigenvalue weighted by molar-refractivity contribution is -0.123. The van der Waals surface area contributed by atoms with E-state index < -0.39 is 0 Å². The van der Waals surface area contributed by atoms with E-state index in [4.69, 9.17) is 0 Å². The van der Waals surface area contributed by atoms with E-state index in [1.54, 1.807) is 29.9 Å². The molecule has 3 aromatic heterocycles. The number of amides is 1. The van der Waals surface area contributed by atoms with Gasteiger partial charge >= 0.3 is 0 Å². The van der Waals surface area contributed by atoms with E-state index in [1.165, 1.54) is 5.56 Å². The first kappa shape index (κ1) is 18.2. The van der Waals surface area contributed by atoms with Crippen molar-refractivity contribution < 1.29 is 4.79 Å². The van der Waals surface area contributed by atoms with Crippen molar-refractivity contribution in [2.45, 2.75) is 18.9 Å². The van der Waals surface area contributed by atoms with Crippen molar-refractivity contribution in [1.29, 1.82) is 0 Å². The summed E-state index contributed by atoms with van der Waals surface area (Å²) in [5.74, 6) is 0.00562. The fourth-order valence-corrected chi connectivity index (χ4v) is 3.46. The normalized spacial score (nSPS) is 11.8. The largest absolute Gasteiger partial charge is 0.354 e. The van der Waals surface area contributed by atoms with Crippen LogP contribution in [0.2, 0.25) is 0 Å². The maximum atomic E-state index is 12.7. The monoisotopic (exact) mass is 366 g/mol. The quantitative estimate of drug-likeness (QED) is 0.611. The Hall–Kier alpha value is -2.57. The van der Waals surface area contributed by atoms with Crippen molar-refractivity contribution in [3.05, 3.63) is 82.6 Å². The Bertz CT molecular complexity index is 778. The number of carbonyl (C=O) groups is 1. The standard InChI is InChI=1S/C20H22N4OS/c25-20(24-13-8-17-3-1-9-22-15-17)19(18-4-2-14-26-18)23-12-7-16-5-10-21-11-6-16/h1-6,9-11,14-15,19,23H,7-8,12-13H2,(H,24,25). The number of thiophene rings is 1. The SMILES string of the molecule is O=C(NCCc1cccnc1)C(NCCc1ccncc1)c1cccs1. The number of hydrogen-bond acceptors (Lipinski definition) is 5. The molecule has 1 unspecified atom stereocenters. The Morgan fingerprint density at radius 1 is 0.962 bits per heavy atom. The van der Waals surface area contributed by atoms with Gasteiger partial charge in [-0.1, -0.05) is 12.1 Å². The molecule has 0 aliphatic heterocycles. The molecule has 2 N–H and O–H groups in total. The number of hydrogen-bond donors (Lipinski definition) is 2. The van der Waals surface area contributed by atoms with E-state index in [1.807, 2.05) is 48.0 Å². The predicted molar refractivity (Wildman–Crippen MR) is 104 cm³/mol. The third-order valence-corrected chi connectivity index (χ3v) is 4.97. The zero-order valence-electron chi connectivity index (χ0n) is 14.5. The molecule has 0 saturated carbocycles. The molecule has 1 atom stereocenters. The number of nitrogens with zero attached hydrogens (tertiary/aromatic N) is 2. The second-order valence-electron chi connectivity index (χ2n) is 5.91. The minimum atomic E-state index is -0.328. The van der Waals surface area contributed by atoms with Crippen LogP contribution in [0.15, 0.2) is 66.6 Å². The molecule has 3 heterocycles. The smallest absolute Gasteiger partial charge is 0.242 e. The summed E-state index contributed by atoms with van der Waals surface area (Å²) in [4.78, 5) is 21.8. The fourth-order valence-electron chi connectivity index (χ4n) is 2.67. The van der Waals surface area contributed by atoms with E-state index in [0.29, 0.717) is 6.54 Å². The zero-order valence-corrected chi connectivity index (χ0v) is 15.3. The topological polar surface area (TPSA) is 66.9 Å². The lowest BCUT2D eigenvalue weighted by Gasteiger charge is -2.17. The molecule has 6 heteroatoms. The molecule has 0 bridgehead atoms. The highest BCUT2D eigenvalue weighted by Gasteiger charge is 2.20. The van der Waals surface area contributed by atoms with Gasteiger partial charge in [0.05, 0.1) is 0 Å². The summed E-state index contributed by atoms with van der Waals surface area (Å²) >= 11 is 1.59. The minimum absolute atomic E-state index is 0.00562. The van der Waals surface area contributed by atoms with Gasteiger partial charge in [-0.3, -0.25) is 14.8 Å². The van der Waals surface area contributed by atoms with Crippen molar-refractivity contribution in [2.24, 2.45) is 0 Å². The van der Waals surface area contributed by atoms with Gasteiger partial charge in [0.15, 0.2) is 0 Å². The third kappa shape index (κ3) is 5.47. The summed E-state index contributed by atoms with van der Waals surface area (Å²) < 4.78 is 0. The molecule has 5 nitrogen and oxygen atoms in total. The van der Waals surface area contributed by atoms with Gasteiger partial charge in [-0.05, 0) is 53.6 Å². The van der Waals surface area contributed by atoms with Crippen LogP contribution in [0, 0.1) is 0 Å². The van der Waals surface area contributed by atoms with Crippen LogP contribution in [0.4, 0.5) is 0 Å². The van der Waals surface area contributed by atoms with E-state index in [2.05, 4.69) is 20.6 Å². The van der Waals surface area contributed by atoms with E-state index in [-0.39, 0.29) is 11.9 Å². The van der Waals surface area contributed by atoms with E-state index in [0.717, 1.165) is 29.8 Å². The van der Waals surface area contributed by atoms with Gasteiger partial charge in [0.1, 0.15) is 6.04 Å². The lowest BCUT2D eigenvalue weighted by Crippen LogP contribution is -2.38. The second kappa shape index (κ2) is 9.79. The summed E-state index contributed by atoms with van der Waals surface area (Å²) in [6.45, 7) is 1.32. The first-order valence-electron chi connectivity index (χ1n) is 8.65. The highest BCUT2D eigenvalue weighted by atomic mass is 32.1. The Morgan fingerprint density at radius 2 is 1.81 bits per heavy atom. The van der Waals surface area contributed by atoms with Gasteiger partial charge in [0, 0.05) is 42.8 Å². The van der Waals surface area contributed by atoms with Gasteiger partial charge in [-0.25, -0.2) is 0 Å². The van der Waals surface area contributed by atoms with E-state index in [9.17, 15) is 4.79 Å². The third-order valence-electron chi connectivity index (χ3n) is 4.04. The summed E-state index contributed by atoms with van der Waals surface area (Å²) in [6, 6.07) is 11.6. The number of pyridine rings is 2. The molecule has 0 aromatic carbocycles. The molecule has 0 fully saturated rings. The molecule has 26 heavy (non-hydrogen) atoms. The van der Waals surface area contributed by atoms with Gasteiger partial charge < -0.3 is 10.6 Å². The summed E-state index contributed by atoms with van der Waals surface area (Å²) in [5.41, 5.74) is 2.32. The van der Waals surface area contributed by atoms with Crippen molar-refractivity contribution in [1.82, 2.24) is 20.6 Å². The van der Waals surface area contributed by atoms with Crippen LogP contribution in [0.1, 0.15) is 22.0 Å². The maximum Gasteiger partial charge on any atom is 0.242 e. The highest BCUT2D eigenvalue weighted by molar-refractivity contribution is 7.10. The van der Waals surface area contributed by atoms with Gasteiger partial charge in [0.25, 0.3) is 0 Å². The fraction of sp³-hybridized carbons (Fsp3) is 0.250. The minimum Gasteiger partial charge on any atom is -0.354 e. The van der Waals surface area contributed by atoms with Gasteiger partial charge in [-0.15, -0.1) is 11.3 Å². The van der Waals surface area contributed by atoms with E-state index >= 15 is 0 Å². The number of rotatable bonds is 9. The van der Waals surface area contributed by atoms with Crippen LogP contribution >= 0.6 is 11.3 Å². The number of carbonyl (C=O) groups excluding carboxylic acids is 1. The molecule has 0 aliphatic carbocycles. The first-order valence-corrected chi connectivity index (χ1v) is 9.53. The maximum absolute atomic E-state index is 12.7. The number of nitrogens with one attached hydrogen (secondary N) is 2. The van der Waals surface area contributed by atoms with Crippen LogP contribution in [0.3, 0.4) is 0 Å². The Kier molecular flexibility index (Phi) is 6.87. The van der Waals surface area contributed by atoms with Crippen LogP contribution in [-0.2, 0) is 17.6 Å². The molecule has 0 spiro atoms. The first-order chi connectivity index (χ1) is 12.8. The molecular formula is C20H22N4OS. The van der Waals surface area contributed by atoms with Crippen molar-refractivity contribution in [3.8, 4) is 0 Å². The van der Waals surface area contributed by atoms with Gasteiger partial charge in [-0.2, -0.15) is 0 Å². The molecule has 0 aliphatic rings. The van der Waals surface area contributed by atoms with Crippen LogP contribution < -0.4 is 10.6 Å². The molecular weight excluding hydrogens is 344 g/mol. The van der Waals surface area contributed by atoms with Crippen molar-refractivity contribution in [2.75, 3.05) is 13.1 Å². The molecule has 0 radical (unpaired) electrons. The number of aromatic nitrogens is 2. The van der Waals surface area contributed by atoms with Crippen molar-refractivity contribution in [3.63, 3.8) is 0 Å². The Balaban J connectivity index is 1.52. The zero-order chi connectivity index (χ0) is 18.0. The second-order valence-corrected chi connectivity index (χ2v) is 6.89. The Labute approximate surface area is 157 Å². The molecule has 134 valence electrons. The predicted octanol–water partition coefficient (Wildman–Crippen LogP) is 2.77. The van der Waals surface area contributed by atoms with Crippen LogP contribution in [0.5, 0.6) is 0 Å². The molecule has 0 saturated heterocycles. The molecule has 3 rings (SSSR count). The van der Waals surface area contributed by atoms with Gasteiger partial charge in [0.2, 0.25) is 5.91 Å². The molecule has 1 amide bonds.